The number of hydrogen-bond acceptors (Lipinski definition) is 20. The summed E-state index contributed by atoms with van der Waals surface area (Å²) < 4.78 is 65.2. The van der Waals surface area contributed by atoms with Crippen molar-refractivity contribution < 1.29 is 80.8 Å². The molecule has 7 aliphatic heterocycles. The fourth-order valence-electron chi connectivity index (χ4n) is 11.4. The molecule has 7 saturated heterocycles. The number of aldehydes is 1. The Morgan fingerprint density at radius 1 is 0.633 bits per heavy atom. The fraction of sp³-hybridized carbons (Fsp3) is 0.394. The number of nitrogens with zero attached hydrogens (tertiary/aromatic N) is 4. The minimum atomic E-state index is -0.467. The molecule has 27 heteroatoms. The second-order valence-corrected chi connectivity index (χ2v) is 25.7. The minimum Gasteiger partial charge on any atom is -0.497 e. The van der Waals surface area contributed by atoms with Crippen molar-refractivity contribution in [3.8, 4) is 29.6 Å². The Labute approximate surface area is 596 Å². The van der Waals surface area contributed by atoms with Gasteiger partial charge in [-0.1, -0.05) is 86.7 Å². The van der Waals surface area contributed by atoms with Crippen LogP contribution in [0.5, 0.6) is 17.2 Å². The van der Waals surface area contributed by atoms with Crippen molar-refractivity contribution in [2.75, 3.05) is 79.1 Å². The maximum absolute atomic E-state index is 13.0. The van der Waals surface area contributed by atoms with Crippen LogP contribution in [0.25, 0.3) is 0 Å². The number of carbonyl (C=O) groups excluding carboxylic acids is 4. The lowest BCUT2D eigenvalue weighted by molar-refractivity contribution is -0.111. The molecule has 0 aliphatic carbocycles. The smallest absolute Gasteiger partial charge is 0.415 e. The molecule has 9 heterocycles. The summed E-state index contributed by atoms with van der Waals surface area (Å²) in [6.07, 6.45) is 8.71. The molecule has 7 aliphatic rings. The number of anilines is 1. The maximum Gasteiger partial charge on any atom is 0.415 e. The molecule has 3 amide bonds. The van der Waals surface area contributed by atoms with Crippen molar-refractivity contribution in [1.82, 2.24) is 20.9 Å². The predicted octanol–water partition coefficient (Wildman–Crippen LogP) is 13.8. The van der Waals surface area contributed by atoms with Crippen LogP contribution in [0, 0.1) is 27.7 Å². The van der Waals surface area contributed by atoms with E-state index >= 15 is 0 Å². The number of hydrogen-bond donors (Lipinski definition) is 3. The SMILES string of the molecule is C#CC[C@@H]1OC(=O)N[C@H]1c1cccc(OC)c1.COc1cccc([C@@H]2NC(=O)O[C@H]2Cc2cc(C3CCOC3)no2)c1.COc1cccc([C@H]2[C@H](Cc3cc(C4CCOC4)no3)OC(=O)N2c2ccc(Cl)cc2)c1.Clc1ccc(I)cc1.O/N=C(\Cl)C1CCOC1.O=CC1CCOC1. The third-order valence-electron chi connectivity index (χ3n) is 16.6. The number of terminal acetylenes is 1. The average molecular weight is 1520 g/mol. The Morgan fingerprint density at radius 3 is 1.57 bits per heavy atom. The minimum absolute atomic E-state index is 0.122. The molecule has 0 spiro atoms. The highest BCUT2D eigenvalue weighted by Crippen LogP contribution is 2.41. The number of amides is 3. The largest absolute Gasteiger partial charge is 0.497 e. The molecular formula is C71H76Cl3IN6O17. The number of cyclic esters (lactones) is 3. The van der Waals surface area contributed by atoms with Gasteiger partial charge in [-0.3, -0.25) is 4.90 Å². The lowest BCUT2D eigenvalue weighted by Crippen LogP contribution is -2.30. The zero-order valence-electron chi connectivity index (χ0n) is 54.0. The first-order chi connectivity index (χ1) is 47.6. The summed E-state index contributed by atoms with van der Waals surface area (Å²) >= 11 is 19.4. The first-order valence-corrected chi connectivity index (χ1v) is 33.9. The molecule has 23 nitrogen and oxygen atoms in total. The topological polar surface area (TPSA) is 273 Å². The highest BCUT2D eigenvalue weighted by molar-refractivity contribution is 14.1. The Morgan fingerprint density at radius 2 is 1.11 bits per heavy atom. The number of rotatable bonds is 16. The van der Waals surface area contributed by atoms with Crippen LogP contribution in [0.1, 0.15) is 102 Å². The van der Waals surface area contributed by atoms with Gasteiger partial charge in [-0.15, -0.1) is 12.3 Å². The van der Waals surface area contributed by atoms with E-state index in [-0.39, 0.29) is 59.2 Å². The number of nitrogens with one attached hydrogen (secondary N) is 2. The van der Waals surface area contributed by atoms with Gasteiger partial charge in [0.1, 0.15) is 59.4 Å². The third-order valence-corrected chi connectivity index (χ3v) is 18.2. The summed E-state index contributed by atoms with van der Waals surface area (Å²) in [5, 5.41) is 26.7. The van der Waals surface area contributed by atoms with E-state index in [4.69, 9.17) is 103 Å². The number of carbonyl (C=O) groups is 4. The van der Waals surface area contributed by atoms with E-state index in [1.165, 1.54) is 3.57 Å². The van der Waals surface area contributed by atoms with E-state index in [0.29, 0.717) is 73.7 Å². The van der Waals surface area contributed by atoms with Crippen LogP contribution in [-0.4, -0.2) is 138 Å². The highest BCUT2D eigenvalue weighted by atomic mass is 127. The molecule has 0 radical (unpaired) electrons. The number of aromatic nitrogens is 2. The van der Waals surface area contributed by atoms with Crippen molar-refractivity contribution in [3.05, 3.63) is 187 Å². The van der Waals surface area contributed by atoms with Gasteiger partial charge in [-0.05, 0) is 150 Å². The van der Waals surface area contributed by atoms with Gasteiger partial charge in [0.2, 0.25) is 0 Å². The Kier molecular flexibility index (Phi) is 28.5. The molecule has 520 valence electrons. The molecular weight excluding hydrogens is 1440 g/mol. The van der Waals surface area contributed by atoms with Crippen LogP contribution < -0.4 is 29.7 Å². The molecule has 3 N–H and O–H groups in total. The van der Waals surface area contributed by atoms with Crippen molar-refractivity contribution in [2.45, 2.75) is 93.2 Å². The van der Waals surface area contributed by atoms with Crippen molar-refractivity contribution in [2.24, 2.45) is 17.0 Å². The number of halogens is 4. The molecule has 0 saturated carbocycles. The normalized spacial score (nSPS) is 23.5. The molecule has 10 atom stereocenters. The van der Waals surface area contributed by atoms with Crippen molar-refractivity contribution in [3.63, 3.8) is 0 Å². The molecule has 2 aromatic heterocycles. The van der Waals surface area contributed by atoms with E-state index in [9.17, 15) is 19.2 Å². The van der Waals surface area contributed by atoms with E-state index in [2.05, 4.69) is 54.6 Å². The van der Waals surface area contributed by atoms with Crippen molar-refractivity contribution >= 4 is 92.8 Å². The highest BCUT2D eigenvalue weighted by Gasteiger charge is 2.45. The molecule has 7 fully saturated rings. The molecule has 5 aromatic carbocycles. The van der Waals surface area contributed by atoms with Crippen LogP contribution >= 0.6 is 57.4 Å². The Bertz CT molecular complexity index is 3740. The number of oxime groups is 1. The first kappa shape index (κ1) is 74.1. The van der Waals surface area contributed by atoms with Gasteiger partial charge in [-0.25, -0.2) is 14.4 Å². The molecule has 14 rings (SSSR count). The molecule has 98 heavy (non-hydrogen) atoms. The van der Waals surface area contributed by atoms with Crippen LogP contribution in [-0.2, 0) is 50.8 Å². The Balaban J connectivity index is 0.000000150. The molecule has 4 unspecified atom stereocenters. The van der Waals surface area contributed by atoms with Gasteiger partial charge < -0.3 is 77.1 Å². The van der Waals surface area contributed by atoms with Crippen LogP contribution in [0.15, 0.2) is 148 Å². The summed E-state index contributed by atoms with van der Waals surface area (Å²) in [6, 6.07) is 40.6. The predicted molar refractivity (Wildman–Crippen MR) is 372 cm³/mol. The number of benzene rings is 5. The number of alkyl carbamates (subject to hydrolysis) is 2. The van der Waals surface area contributed by atoms with Crippen LogP contribution in [0.4, 0.5) is 20.1 Å². The number of methoxy groups -OCH3 is 3. The van der Waals surface area contributed by atoms with Crippen molar-refractivity contribution in [1.29, 1.82) is 0 Å². The van der Waals surface area contributed by atoms with Gasteiger partial charge in [0.05, 0.1) is 71.2 Å². The summed E-state index contributed by atoms with van der Waals surface area (Å²) in [6.45, 7) is 5.54. The first-order valence-electron chi connectivity index (χ1n) is 31.7. The molecule has 7 aromatic rings. The Hall–Kier alpha value is -8.13. The summed E-state index contributed by atoms with van der Waals surface area (Å²) in [4.78, 5) is 47.6. The third kappa shape index (κ3) is 21.2. The second-order valence-electron chi connectivity index (χ2n) is 23.2. The lowest BCUT2D eigenvalue weighted by atomic mass is 9.96. The van der Waals surface area contributed by atoms with Gasteiger partial charge >= 0.3 is 18.3 Å². The zero-order chi connectivity index (χ0) is 69.3. The van der Waals surface area contributed by atoms with Gasteiger partial charge in [0.25, 0.3) is 0 Å². The standard InChI is InChI=1S/C24H23ClN2O5.C18H20N2O5.C13H13NO3.C6H4ClI.C5H8ClNO2.C5H8O2/c1-29-19-4-2-3-15(11-19)23-22(13-20-12-21(26-32-20)16-9-10-30-14-16)31-24(28)27(23)18-7-5-17(25)6-8-18;1-22-13-4-2-3-11(7-13)17-16(24-18(21)19-17)9-14-8-15(20-25-14)12-5-6-23-10-12;1-3-5-11-12(14-13(15)17-11)9-6-4-7-10(8-9)16-2;7-5-1-3-6(8)4-2-5;6-5(7-8)4-1-2-9-3-4;6-3-5-1-2-7-4-5/h2-8,11-12,16,22-23H,9-10,13-14H2,1H3;2-4,7-8,12,16-17H,5-6,9-10H2,1H3,(H,19,21);1,4,6-8,11-12H,5H2,2H3,(H,14,15);1-4H;4,8H,1-3H2;3,5H,1-2,4H2/b;;;;7-5-;/t16?,22-,23-;12?,16-,17-;11-,12-;;;/m000.../s1. The summed E-state index contributed by atoms with van der Waals surface area (Å²) in [5.74, 6) is 6.93. The van der Waals surface area contributed by atoms with Gasteiger partial charge in [-0.2, -0.15) is 0 Å². The van der Waals surface area contributed by atoms with E-state index in [0.717, 1.165) is 103 Å². The lowest BCUT2D eigenvalue weighted by Gasteiger charge is -2.25. The average Bonchev–Trinajstić information content (AvgIpc) is 1.62. The zero-order valence-corrected chi connectivity index (χ0v) is 58.4. The van der Waals surface area contributed by atoms with Gasteiger partial charge in [0.15, 0.2) is 5.17 Å². The fourth-order valence-corrected chi connectivity index (χ4v) is 12.2. The van der Waals surface area contributed by atoms with Gasteiger partial charge in [0, 0.05) is 101 Å². The summed E-state index contributed by atoms with van der Waals surface area (Å²) in [5.41, 5.74) is 5.25. The molecule has 0 bridgehead atoms. The maximum atomic E-state index is 13.0. The van der Waals surface area contributed by atoms with E-state index in [1.807, 2.05) is 121 Å². The van der Waals surface area contributed by atoms with E-state index in [1.54, 1.807) is 38.4 Å². The number of ether oxygens (including phenoxy) is 10. The van der Waals surface area contributed by atoms with Crippen LogP contribution in [0.3, 0.4) is 0 Å². The quantitative estimate of drug-likeness (QED) is 0.0154. The van der Waals surface area contributed by atoms with E-state index < -0.39 is 24.4 Å². The monoisotopic (exact) mass is 1520 g/mol. The van der Waals surface area contributed by atoms with Crippen LogP contribution in [0.2, 0.25) is 10.0 Å². The summed E-state index contributed by atoms with van der Waals surface area (Å²) in [7, 11) is 4.83. The second kappa shape index (κ2) is 37.7.